The van der Waals surface area contributed by atoms with Crippen LogP contribution >= 0.6 is 11.6 Å². The van der Waals surface area contributed by atoms with Crippen LogP contribution in [0.25, 0.3) is 0 Å². The van der Waals surface area contributed by atoms with E-state index in [0.717, 1.165) is 6.29 Å². The molecular formula is C11H15ClO3Si. The normalized spacial score (nSPS) is 11.1. The molecule has 3 nitrogen and oxygen atoms in total. The summed E-state index contributed by atoms with van der Waals surface area (Å²) in [5.41, 5.74) is 0.423. The SMILES string of the molecule is COc1cc(Cl)c(O[Si](C)(C)C)c(C=O)c1. The van der Waals surface area contributed by atoms with E-state index in [1.54, 1.807) is 12.1 Å². The fraction of sp³-hybridized carbons (Fsp3) is 0.364. The van der Waals surface area contributed by atoms with E-state index in [-0.39, 0.29) is 0 Å². The topological polar surface area (TPSA) is 35.5 Å². The van der Waals surface area contributed by atoms with Crippen molar-refractivity contribution in [3.05, 3.63) is 22.7 Å². The lowest BCUT2D eigenvalue weighted by molar-refractivity contribution is 0.112. The van der Waals surface area contributed by atoms with Crippen LogP contribution in [0.2, 0.25) is 24.7 Å². The molecule has 0 aromatic heterocycles. The van der Waals surface area contributed by atoms with Crippen LogP contribution in [0.3, 0.4) is 0 Å². The molecule has 16 heavy (non-hydrogen) atoms. The lowest BCUT2D eigenvalue weighted by atomic mass is 10.2. The van der Waals surface area contributed by atoms with Gasteiger partial charge in [0.1, 0.15) is 11.5 Å². The molecule has 0 N–H and O–H groups in total. The van der Waals surface area contributed by atoms with Gasteiger partial charge in [0.25, 0.3) is 0 Å². The van der Waals surface area contributed by atoms with Crippen molar-refractivity contribution in [3.8, 4) is 11.5 Å². The molecule has 0 aliphatic carbocycles. The maximum atomic E-state index is 11.0. The van der Waals surface area contributed by atoms with E-state index in [9.17, 15) is 4.79 Å². The van der Waals surface area contributed by atoms with Gasteiger partial charge in [0.05, 0.1) is 17.7 Å². The van der Waals surface area contributed by atoms with E-state index in [1.165, 1.54) is 7.11 Å². The molecule has 0 bridgehead atoms. The Morgan fingerprint density at radius 3 is 2.38 bits per heavy atom. The summed E-state index contributed by atoms with van der Waals surface area (Å²) in [6.45, 7) is 6.09. The van der Waals surface area contributed by atoms with Crippen molar-refractivity contribution in [2.24, 2.45) is 0 Å². The second kappa shape index (κ2) is 4.89. The van der Waals surface area contributed by atoms with Crippen molar-refractivity contribution in [3.63, 3.8) is 0 Å². The number of hydrogen-bond acceptors (Lipinski definition) is 3. The summed E-state index contributed by atoms with van der Waals surface area (Å²) >= 11 is 6.06. The van der Waals surface area contributed by atoms with Crippen LogP contribution in [0.15, 0.2) is 12.1 Å². The molecule has 0 unspecified atom stereocenters. The lowest BCUT2D eigenvalue weighted by Crippen LogP contribution is -2.30. The van der Waals surface area contributed by atoms with Crippen molar-refractivity contribution in [1.29, 1.82) is 0 Å². The van der Waals surface area contributed by atoms with Crippen LogP contribution in [0, 0.1) is 0 Å². The Kier molecular flexibility index (Phi) is 3.99. The molecule has 0 amide bonds. The number of rotatable bonds is 4. The van der Waals surface area contributed by atoms with Gasteiger partial charge in [-0.2, -0.15) is 0 Å². The van der Waals surface area contributed by atoms with Gasteiger partial charge < -0.3 is 9.16 Å². The van der Waals surface area contributed by atoms with Crippen LogP contribution in [0.5, 0.6) is 11.5 Å². The average Bonchev–Trinajstić information content (AvgIpc) is 2.19. The molecule has 0 saturated heterocycles. The van der Waals surface area contributed by atoms with Crippen molar-refractivity contribution in [2.45, 2.75) is 19.6 Å². The predicted molar refractivity (Wildman–Crippen MR) is 67.4 cm³/mol. The lowest BCUT2D eigenvalue weighted by Gasteiger charge is -2.21. The maximum absolute atomic E-state index is 11.0. The van der Waals surface area contributed by atoms with Crippen molar-refractivity contribution in [2.75, 3.05) is 7.11 Å². The standard InChI is InChI=1S/C11H15ClO3Si/c1-14-9-5-8(7-13)11(10(12)6-9)15-16(2,3)4/h5-7H,1-4H3. The number of ether oxygens (including phenoxy) is 1. The third kappa shape index (κ3) is 3.25. The first-order chi connectivity index (χ1) is 7.37. The summed E-state index contributed by atoms with van der Waals surface area (Å²) in [6.07, 6.45) is 0.726. The zero-order valence-electron chi connectivity index (χ0n) is 9.83. The first kappa shape index (κ1) is 13.1. The minimum absolute atomic E-state index is 0.406. The summed E-state index contributed by atoms with van der Waals surface area (Å²) < 4.78 is 10.8. The van der Waals surface area contributed by atoms with Gasteiger partial charge in [0, 0.05) is 6.07 Å². The van der Waals surface area contributed by atoms with E-state index >= 15 is 0 Å². The third-order valence-electron chi connectivity index (χ3n) is 1.82. The number of aldehydes is 1. The summed E-state index contributed by atoms with van der Waals surface area (Å²) in [7, 11) is -0.262. The average molecular weight is 259 g/mol. The van der Waals surface area contributed by atoms with E-state index in [4.69, 9.17) is 20.8 Å². The van der Waals surface area contributed by atoms with Gasteiger partial charge in [0.2, 0.25) is 8.32 Å². The maximum Gasteiger partial charge on any atom is 0.242 e. The molecule has 0 fully saturated rings. The quantitative estimate of drug-likeness (QED) is 0.614. The molecule has 0 heterocycles. The zero-order chi connectivity index (χ0) is 12.3. The molecule has 0 aliphatic heterocycles. The highest BCUT2D eigenvalue weighted by Crippen LogP contribution is 2.34. The van der Waals surface area contributed by atoms with Crippen LogP contribution in [-0.4, -0.2) is 21.7 Å². The van der Waals surface area contributed by atoms with Crippen LogP contribution < -0.4 is 9.16 Å². The number of hydrogen-bond donors (Lipinski definition) is 0. The second-order valence-corrected chi connectivity index (χ2v) is 9.20. The molecule has 0 radical (unpaired) electrons. The largest absolute Gasteiger partial charge is 0.543 e. The summed E-state index contributed by atoms with van der Waals surface area (Å²) in [6, 6.07) is 3.26. The summed E-state index contributed by atoms with van der Waals surface area (Å²) in [4.78, 5) is 11.0. The monoisotopic (exact) mass is 258 g/mol. The van der Waals surface area contributed by atoms with Gasteiger partial charge in [-0.3, -0.25) is 4.79 Å². The Morgan fingerprint density at radius 2 is 1.94 bits per heavy atom. The molecule has 0 aliphatic rings. The Balaban J connectivity index is 3.22. The number of halogens is 1. The molecule has 0 atom stereocenters. The Hall–Kier alpha value is -1.00. The van der Waals surface area contributed by atoms with Crippen LogP contribution in [-0.2, 0) is 0 Å². The minimum atomic E-state index is -1.79. The Morgan fingerprint density at radius 1 is 1.31 bits per heavy atom. The smallest absolute Gasteiger partial charge is 0.242 e. The minimum Gasteiger partial charge on any atom is -0.543 e. The highest BCUT2D eigenvalue weighted by atomic mass is 35.5. The fourth-order valence-corrected chi connectivity index (χ4v) is 2.37. The summed E-state index contributed by atoms with van der Waals surface area (Å²) in [5, 5.41) is 0.406. The van der Waals surface area contributed by atoms with E-state index in [1.807, 2.05) is 19.6 Å². The van der Waals surface area contributed by atoms with Gasteiger partial charge in [-0.1, -0.05) is 11.6 Å². The van der Waals surface area contributed by atoms with E-state index in [0.29, 0.717) is 22.1 Å². The number of benzene rings is 1. The van der Waals surface area contributed by atoms with Gasteiger partial charge >= 0.3 is 0 Å². The molecule has 5 heteroatoms. The van der Waals surface area contributed by atoms with E-state index in [2.05, 4.69) is 0 Å². The third-order valence-corrected chi connectivity index (χ3v) is 2.91. The molecule has 0 saturated carbocycles. The molecule has 1 aromatic carbocycles. The summed E-state index contributed by atoms with van der Waals surface area (Å²) in [5.74, 6) is 1.01. The highest BCUT2D eigenvalue weighted by Gasteiger charge is 2.21. The van der Waals surface area contributed by atoms with Crippen molar-refractivity contribution >= 4 is 26.2 Å². The Labute approximate surface area is 101 Å². The molecule has 0 spiro atoms. The second-order valence-electron chi connectivity index (χ2n) is 4.36. The number of carbonyl (C=O) groups is 1. The van der Waals surface area contributed by atoms with Crippen molar-refractivity contribution in [1.82, 2.24) is 0 Å². The van der Waals surface area contributed by atoms with Crippen LogP contribution in [0.1, 0.15) is 10.4 Å². The molecular weight excluding hydrogens is 244 g/mol. The van der Waals surface area contributed by atoms with Crippen LogP contribution in [0.4, 0.5) is 0 Å². The molecule has 1 rings (SSSR count). The molecule has 1 aromatic rings. The van der Waals surface area contributed by atoms with E-state index < -0.39 is 8.32 Å². The molecule has 88 valence electrons. The van der Waals surface area contributed by atoms with Gasteiger partial charge in [-0.25, -0.2) is 0 Å². The fourth-order valence-electron chi connectivity index (χ4n) is 1.21. The van der Waals surface area contributed by atoms with Crippen molar-refractivity contribution < 1.29 is 14.0 Å². The van der Waals surface area contributed by atoms with Gasteiger partial charge in [0.15, 0.2) is 6.29 Å². The number of methoxy groups -OCH3 is 1. The number of carbonyl (C=O) groups excluding carboxylic acids is 1. The highest BCUT2D eigenvalue weighted by molar-refractivity contribution is 6.70. The Bertz CT molecular complexity index is 399. The van der Waals surface area contributed by atoms with Gasteiger partial charge in [-0.05, 0) is 25.7 Å². The van der Waals surface area contributed by atoms with Gasteiger partial charge in [-0.15, -0.1) is 0 Å². The zero-order valence-corrected chi connectivity index (χ0v) is 11.6. The first-order valence-corrected chi connectivity index (χ1v) is 8.67. The first-order valence-electron chi connectivity index (χ1n) is 4.89. The predicted octanol–water partition coefficient (Wildman–Crippen LogP) is 3.37.